The van der Waals surface area contributed by atoms with Gasteiger partial charge in [0.2, 0.25) is 0 Å². The molecule has 0 aliphatic carbocycles. The molecule has 0 spiro atoms. The van der Waals surface area contributed by atoms with Crippen LogP contribution in [0.15, 0.2) is 88.4 Å². The van der Waals surface area contributed by atoms with Gasteiger partial charge in [0.15, 0.2) is 0 Å². The predicted molar refractivity (Wildman–Crippen MR) is 133 cm³/mol. The Kier molecular flexibility index (Phi) is 8.78. The lowest BCUT2D eigenvalue weighted by atomic mass is 10.0. The molecular weight excluding hydrogens is 482 g/mol. The molecule has 170 valence electrons. The minimum Gasteiger partial charge on any atom is -0.488 e. The lowest BCUT2D eigenvalue weighted by molar-refractivity contribution is -0.123. The van der Waals surface area contributed by atoms with Gasteiger partial charge in [0.05, 0.1) is 6.21 Å². The fourth-order valence-electron chi connectivity index (χ4n) is 3.04. The predicted octanol–water partition coefficient (Wildman–Crippen LogP) is 4.93. The first kappa shape index (κ1) is 24.2. The molecule has 0 saturated heterocycles. The molecule has 0 radical (unpaired) electrons. The number of hydrogen-bond acceptors (Lipinski definition) is 4. The Morgan fingerprint density at radius 1 is 0.970 bits per heavy atom. The molecule has 0 aliphatic rings. The van der Waals surface area contributed by atoms with Crippen LogP contribution in [0.4, 0.5) is 0 Å². The fraction of sp³-hybridized carbons (Fsp3) is 0.192. The number of nitrogens with zero attached hydrogens (tertiary/aromatic N) is 1. The third-order valence-electron chi connectivity index (χ3n) is 4.88. The van der Waals surface area contributed by atoms with Gasteiger partial charge in [0.1, 0.15) is 18.4 Å². The van der Waals surface area contributed by atoms with Crippen molar-refractivity contribution in [2.45, 2.75) is 26.5 Å². The van der Waals surface area contributed by atoms with Crippen molar-refractivity contribution in [2.75, 3.05) is 0 Å². The normalized spacial score (nSPS) is 11.9. The van der Waals surface area contributed by atoms with Crippen molar-refractivity contribution in [3.8, 4) is 5.75 Å². The highest BCUT2D eigenvalue weighted by Crippen LogP contribution is 2.18. The zero-order valence-corrected chi connectivity index (χ0v) is 20.1. The molecule has 2 N–H and O–H groups in total. The second kappa shape index (κ2) is 12.0. The van der Waals surface area contributed by atoms with Gasteiger partial charge in [0, 0.05) is 15.6 Å². The van der Waals surface area contributed by atoms with Gasteiger partial charge in [-0.15, -0.1) is 0 Å². The Morgan fingerprint density at radius 2 is 1.64 bits per heavy atom. The average molecular weight is 508 g/mol. The molecule has 0 aliphatic heterocycles. The van der Waals surface area contributed by atoms with E-state index in [4.69, 9.17) is 4.74 Å². The molecule has 1 atom stereocenters. The van der Waals surface area contributed by atoms with Crippen LogP contribution in [-0.2, 0) is 11.4 Å². The van der Waals surface area contributed by atoms with Gasteiger partial charge in [-0.2, -0.15) is 5.10 Å². The number of carbonyl (C=O) groups excluding carboxylic acids is 2. The van der Waals surface area contributed by atoms with E-state index in [1.165, 1.54) is 6.21 Å². The zero-order valence-electron chi connectivity index (χ0n) is 18.5. The molecule has 3 rings (SSSR count). The van der Waals surface area contributed by atoms with Crippen LogP contribution in [0.25, 0.3) is 0 Å². The minimum absolute atomic E-state index is 0.116. The van der Waals surface area contributed by atoms with Crippen molar-refractivity contribution in [1.82, 2.24) is 10.7 Å². The molecule has 33 heavy (non-hydrogen) atoms. The van der Waals surface area contributed by atoms with E-state index < -0.39 is 11.9 Å². The van der Waals surface area contributed by atoms with Crippen LogP contribution in [0.3, 0.4) is 0 Å². The van der Waals surface area contributed by atoms with E-state index in [2.05, 4.69) is 31.8 Å². The molecule has 0 heterocycles. The van der Waals surface area contributed by atoms with E-state index in [1.807, 2.05) is 68.4 Å². The Labute approximate surface area is 202 Å². The third kappa shape index (κ3) is 7.29. The lowest BCUT2D eigenvalue weighted by Gasteiger charge is -2.20. The number of amides is 2. The summed E-state index contributed by atoms with van der Waals surface area (Å²) in [5, 5.41) is 6.87. The molecule has 1 unspecified atom stereocenters. The van der Waals surface area contributed by atoms with Crippen molar-refractivity contribution >= 4 is 34.0 Å². The molecule has 3 aromatic rings. The Hall–Kier alpha value is -3.45. The quantitative estimate of drug-likeness (QED) is 0.318. The maximum atomic E-state index is 12.7. The van der Waals surface area contributed by atoms with Crippen LogP contribution in [0.2, 0.25) is 0 Å². The summed E-state index contributed by atoms with van der Waals surface area (Å²) >= 11 is 3.42. The summed E-state index contributed by atoms with van der Waals surface area (Å²) in [7, 11) is 0. The van der Waals surface area contributed by atoms with E-state index >= 15 is 0 Å². The molecule has 0 saturated carbocycles. The number of hydrogen-bond donors (Lipinski definition) is 2. The molecule has 0 bridgehead atoms. The van der Waals surface area contributed by atoms with Gasteiger partial charge in [-0.1, -0.05) is 72.2 Å². The van der Waals surface area contributed by atoms with Crippen LogP contribution in [0.1, 0.15) is 35.3 Å². The number of nitrogens with one attached hydrogen (secondary N) is 2. The van der Waals surface area contributed by atoms with Crippen LogP contribution in [-0.4, -0.2) is 24.1 Å². The van der Waals surface area contributed by atoms with E-state index in [1.54, 1.807) is 24.3 Å². The van der Waals surface area contributed by atoms with Crippen molar-refractivity contribution < 1.29 is 14.3 Å². The van der Waals surface area contributed by atoms with Crippen LogP contribution in [0, 0.1) is 5.92 Å². The largest absolute Gasteiger partial charge is 0.488 e. The Bertz CT molecular complexity index is 1100. The number of carbonyl (C=O) groups is 2. The molecule has 2 amide bonds. The average Bonchev–Trinajstić information content (AvgIpc) is 2.83. The SMILES string of the molecule is CC(C)C(NC(=O)c1ccccc1)C(=O)N/N=C/c1ccccc1OCc1ccc(Br)cc1. The Balaban J connectivity index is 1.61. The monoisotopic (exact) mass is 507 g/mol. The van der Waals surface area contributed by atoms with Crippen molar-refractivity contribution in [1.29, 1.82) is 0 Å². The van der Waals surface area contributed by atoms with Gasteiger partial charge in [0.25, 0.3) is 11.8 Å². The molecular formula is C26H26BrN3O3. The first-order valence-electron chi connectivity index (χ1n) is 10.6. The Morgan fingerprint density at radius 3 is 2.33 bits per heavy atom. The summed E-state index contributed by atoms with van der Waals surface area (Å²) in [6, 6.07) is 23.4. The number of ether oxygens (including phenoxy) is 1. The fourth-order valence-corrected chi connectivity index (χ4v) is 3.31. The lowest BCUT2D eigenvalue weighted by Crippen LogP contribution is -2.48. The summed E-state index contributed by atoms with van der Waals surface area (Å²) < 4.78 is 6.94. The van der Waals surface area contributed by atoms with Gasteiger partial charge in [-0.25, -0.2) is 5.43 Å². The van der Waals surface area contributed by atoms with E-state index in [9.17, 15) is 9.59 Å². The van der Waals surface area contributed by atoms with Gasteiger partial charge < -0.3 is 10.1 Å². The maximum Gasteiger partial charge on any atom is 0.262 e. The van der Waals surface area contributed by atoms with Crippen LogP contribution in [0.5, 0.6) is 5.75 Å². The van der Waals surface area contributed by atoms with E-state index in [0.717, 1.165) is 15.6 Å². The summed E-state index contributed by atoms with van der Waals surface area (Å²) in [6.07, 6.45) is 1.53. The number of benzene rings is 3. The smallest absolute Gasteiger partial charge is 0.262 e. The molecule has 0 fully saturated rings. The minimum atomic E-state index is -0.723. The van der Waals surface area contributed by atoms with E-state index in [0.29, 0.717) is 17.9 Å². The number of halogens is 1. The first-order chi connectivity index (χ1) is 15.9. The van der Waals surface area contributed by atoms with Gasteiger partial charge in [-0.3, -0.25) is 9.59 Å². The van der Waals surface area contributed by atoms with Crippen molar-refractivity contribution in [3.63, 3.8) is 0 Å². The summed E-state index contributed by atoms with van der Waals surface area (Å²) in [5.41, 5.74) is 4.79. The standard InChI is InChI=1S/C26H26BrN3O3/c1-18(2)24(29-25(31)20-8-4-3-5-9-20)26(32)30-28-16-21-10-6-7-11-23(21)33-17-19-12-14-22(27)15-13-19/h3-16,18,24H,17H2,1-2H3,(H,29,31)(H,30,32)/b28-16+. The van der Waals surface area contributed by atoms with Gasteiger partial charge in [-0.05, 0) is 47.9 Å². The summed E-state index contributed by atoms with van der Waals surface area (Å²) in [4.78, 5) is 25.2. The molecule has 6 nitrogen and oxygen atoms in total. The number of hydrazone groups is 1. The zero-order chi connectivity index (χ0) is 23.6. The first-order valence-corrected chi connectivity index (χ1v) is 11.4. The molecule has 7 heteroatoms. The topological polar surface area (TPSA) is 79.8 Å². The summed E-state index contributed by atoms with van der Waals surface area (Å²) in [6.45, 7) is 4.14. The van der Waals surface area contributed by atoms with E-state index in [-0.39, 0.29) is 11.8 Å². The third-order valence-corrected chi connectivity index (χ3v) is 5.41. The second-order valence-corrected chi connectivity index (χ2v) is 8.66. The highest BCUT2D eigenvalue weighted by Gasteiger charge is 2.24. The van der Waals surface area contributed by atoms with Crippen LogP contribution < -0.4 is 15.5 Å². The highest BCUT2D eigenvalue weighted by atomic mass is 79.9. The van der Waals surface area contributed by atoms with Crippen LogP contribution >= 0.6 is 15.9 Å². The number of rotatable bonds is 9. The second-order valence-electron chi connectivity index (χ2n) is 7.75. The van der Waals surface area contributed by atoms with Crippen molar-refractivity contribution in [3.05, 3.63) is 100 Å². The molecule has 0 aromatic heterocycles. The molecule has 3 aromatic carbocycles. The number of para-hydroxylation sites is 1. The maximum absolute atomic E-state index is 12.7. The highest BCUT2D eigenvalue weighted by molar-refractivity contribution is 9.10. The summed E-state index contributed by atoms with van der Waals surface area (Å²) in [5.74, 6) is -0.162. The van der Waals surface area contributed by atoms with Crippen molar-refractivity contribution in [2.24, 2.45) is 11.0 Å². The van der Waals surface area contributed by atoms with Gasteiger partial charge >= 0.3 is 0 Å².